The van der Waals surface area contributed by atoms with Crippen LogP contribution in [0.1, 0.15) is 57.7 Å². The van der Waals surface area contributed by atoms with Gasteiger partial charge in [0.1, 0.15) is 5.56 Å². The molecule has 8 nitrogen and oxygen atoms in total. The second-order valence-electron chi connectivity index (χ2n) is 8.85. The van der Waals surface area contributed by atoms with E-state index in [2.05, 4.69) is 15.3 Å². The molecule has 0 bridgehead atoms. The van der Waals surface area contributed by atoms with Gasteiger partial charge in [0.15, 0.2) is 0 Å². The molecule has 1 aliphatic carbocycles. The van der Waals surface area contributed by atoms with Gasteiger partial charge in [0.25, 0.3) is 11.8 Å². The first kappa shape index (κ1) is 20.9. The highest BCUT2D eigenvalue weighted by Crippen LogP contribution is 2.33. The van der Waals surface area contributed by atoms with E-state index >= 15 is 0 Å². The summed E-state index contributed by atoms with van der Waals surface area (Å²) in [5.41, 5.74) is 2.65. The van der Waals surface area contributed by atoms with Gasteiger partial charge in [-0.3, -0.25) is 14.6 Å². The Labute approximate surface area is 187 Å². The van der Waals surface area contributed by atoms with E-state index in [-0.39, 0.29) is 35.7 Å². The number of carbonyl (C=O) groups is 2. The summed E-state index contributed by atoms with van der Waals surface area (Å²) in [6.45, 7) is 1.53. The van der Waals surface area contributed by atoms with Gasteiger partial charge in [-0.05, 0) is 43.0 Å². The molecule has 32 heavy (non-hydrogen) atoms. The summed E-state index contributed by atoms with van der Waals surface area (Å²) < 4.78 is 11.1. The topological polar surface area (TPSA) is 93.6 Å². The molecule has 0 aromatic carbocycles. The van der Waals surface area contributed by atoms with Crippen molar-refractivity contribution in [2.24, 2.45) is 5.92 Å². The van der Waals surface area contributed by atoms with Crippen LogP contribution < -0.4 is 10.1 Å². The molecular weight excluding hydrogens is 408 g/mol. The molecule has 3 aliphatic rings. The molecule has 0 spiro atoms. The second-order valence-corrected chi connectivity index (χ2v) is 8.85. The number of aromatic nitrogens is 2. The Balaban J connectivity index is 1.33. The maximum absolute atomic E-state index is 13.2. The van der Waals surface area contributed by atoms with Crippen molar-refractivity contribution in [1.29, 1.82) is 0 Å². The highest BCUT2D eigenvalue weighted by molar-refractivity contribution is 6.03. The molecular formula is C24H28N4O4. The lowest BCUT2D eigenvalue weighted by Gasteiger charge is -2.22. The third-order valence-electron chi connectivity index (χ3n) is 6.84. The molecule has 1 N–H and O–H groups in total. The van der Waals surface area contributed by atoms with Crippen molar-refractivity contribution in [3.8, 4) is 5.88 Å². The van der Waals surface area contributed by atoms with Crippen molar-refractivity contribution in [2.45, 2.75) is 50.7 Å². The van der Waals surface area contributed by atoms with Crippen molar-refractivity contribution in [1.82, 2.24) is 20.2 Å². The monoisotopic (exact) mass is 436 g/mol. The minimum atomic E-state index is -0.292. The minimum absolute atomic E-state index is 0.0316. The number of nitrogens with zero attached hydrogens (tertiary/aromatic N) is 3. The van der Waals surface area contributed by atoms with Gasteiger partial charge in [-0.1, -0.05) is 12.8 Å². The summed E-state index contributed by atoms with van der Waals surface area (Å²) in [4.78, 5) is 36.8. The molecule has 1 saturated carbocycles. The van der Waals surface area contributed by atoms with Crippen LogP contribution in [0, 0.1) is 5.92 Å². The predicted octanol–water partition coefficient (Wildman–Crippen LogP) is 2.37. The van der Waals surface area contributed by atoms with Crippen LogP contribution in [-0.4, -0.2) is 59.1 Å². The Morgan fingerprint density at radius 3 is 2.78 bits per heavy atom. The van der Waals surface area contributed by atoms with Gasteiger partial charge in [0.05, 0.1) is 44.2 Å². The first-order chi connectivity index (χ1) is 15.6. The molecule has 2 atom stereocenters. The molecule has 2 aromatic rings. The van der Waals surface area contributed by atoms with E-state index in [1.807, 2.05) is 17.0 Å². The van der Waals surface area contributed by atoms with Crippen molar-refractivity contribution >= 4 is 11.8 Å². The van der Waals surface area contributed by atoms with Crippen LogP contribution in [-0.2, 0) is 17.7 Å². The number of ether oxygens (including phenoxy) is 2. The van der Waals surface area contributed by atoms with Crippen molar-refractivity contribution in [3.63, 3.8) is 0 Å². The molecule has 4 heterocycles. The second kappa shape index (κ2) is 8.86. The van der Waals surface area contributed by atoms with E-state index in [1.54, 1.807) is 18.5 Å². The van der Waals surface area contributed by atoms with Gasteiger partial charge in [-0.2, -0.15) is 0 Å². The summed E-state index contributed by atoms with van der Waals surface area (Å²) in [6, 6.07) is 5.75. The van der Waals surface area contributed by atoms with Gasteiger partial charge in [-0.15, -0.1) is 0 Å². The molecule has 0 radical (unpaired) electrons. The minimum Gasteiger partial charge on any atom is -0.480 e. The molecule has 1 saturated heterocycles. The molecule has 2 aromatic heterocycles. The lowest BCUT2D eigenvalue weighted by molar-refractivity contribution is 0.0706. The van der Waals surface area contributed by atoms with Crippen LogP contribution in [0.15, 0.2) is 30.6 Å². The van der Waals surface area contributed by atoms with Crippen LogP contribution in [0.3, 0.4) is 0 Å². The summed E-state index contributed by atoms with van der Waals surface area (Å²) in [6.07, 6.45) is 8.70. The maximum atomic E-state index is 13.2. The fourth-order valence-electron chi connectivity index (χ4n) is 5.08. The Morgan fingerprint density at radius 1 is 1.25 bits per heavy atom. The van der Waals surface area contributed by atoms with E-state index < -0.39 is 0 Å². The first-order valence-corrected chi connectivity index (χ1v) is 11.3. The zero-order chi connectivity index (χ0) is 22.1. The van der Waals surface area contributed by atoms with E-state index in [9.17, 15) is 9.59 Å². The number of methoxy groups -OCH3 is 1. The Bertz CT molecular complexity index is 1010. The van der Waals surface area contributed by atoms with Crippen LogP contribution in [0.2, 0.25) is 0 Å². The van der Waals surface area contributed by atoms with Crippen molar-refractivity contribution in [3.05, 3.63) is 53.0 Å². The number of pyridine rings is 2. The smallest absolute Gasteiger partial charge is 0.257 e. The standard InChI is InChI=1S/C24H28N4O4/c1-31-23-19(11-18-20(27-23)12-28(24(18)30)17-4-2-3-5-17)22(29)26-21-14-32-13-16(21)10-15-6-8-25-9-7-15/h6-9,11,16-17,21H,2-5,10,12-14H2,1H3,(H,26,29)/t16-,21-/m1/s1. The lowest BCUT2D eigenvalue weighted by atomic mass is 9.95. The quantitative estimate of drug-likeness (QED) is 0.747. The highest BCUT2D eigenvalue weighted by atomic mass is 16.5. The first-order valence-electron chi connectivity index (χ1n) is 11.3. The average molecular weight is 437 g/mol. The van der Waals surface area contributed by atoms with Crippen LogP contribution >= 0.6 is 0 Å². The number of fused-ring (bicyclic) bond motifs is 1. The van der Waals surface area contributed by atoms with Crippen LogP contribution in [0.25, 0.3) is 0 Å². The predicted molar refractivity (Wildman–Crippen MR) is 116 cm³/mol. The summed E-state index contributed by atoms with van der Waals surface area (Å²) in [5, 5.41) is 3.09. The van der Waals surface area contributed by atoms with E-state index in [1.165, 1.54) is 7.11 Å². The Kier molecular flexibility index (Phi) is 5.78. The number of rotatable bonds is 6. The zero-order valence-electron chi connectivity index (χ0n) is 18.3. The van der Waals surface area contributed by atoms with Gasteiger partial charge >= 0.3 is 0 Å². The third kappa shape index (κ3) is 3.95. The molecule has 2 fully saturated rings. The highest BCUT2D eigenvalue weighted by Gasteiger charge is 2.37. The van der Waals surface area contributed by atoms with Gasteiger partial charge < -0.3 is 19.7 Å². The lowest BCUT2D eigenvalue weighted by Crippen LogP contribution is -2.41. The van der Waals surface area contributed by atoms with Crippen LogP contribution in [0.4, 0.5) is 0 Å². The van der Waals surface area contributed by atoms with Gasteiger partial charge in [0.2, 0.25) is 5.88 Å². The molecule has 0 unspecified atom stereocenters. The zero-order valence-corrected chi connectivity index (χ0v) is 18.3. The Morgan fingerprint density at radius 2 is 2.03 bits per heavy atom. The van der Waals surface area contributed by atoms with Gasteiger partial charge in [0, 0.05) is 24.4 Å². The maximum Gasteiger partial charge on any atom is 0.257 e. The molecule has 168 valence electrons. The normalized spacial score (nSPS) is 22.9. The van der Waals surface area contributed by atoms with E-state index in [0.29, 0.717) is 36.6 Å². The summed E-state index contributed by atoms with van der Waals surface area (Å²) in [7, 11) is 1.50. The molecule has 8 heteroatoms. The average Bonchev–Trinajstić information content (AvgIpc) is 3.55. The number of nitrogens with one attached hydrogen (secondary N) is 1. The van der Waals surface area contributed by atoms with E-state index in [4.69, 9.17) is 9.47 Å². The number of carbonyl (C=O) groups excluding carboxylic acids is 2. The molecule has 2 amide bonds. The summed E-state index contributed by atoms with van der Waals surface area (Å²) >= 11 is 0. The third-order valence-corrected chi connectivity index (χ3v) is 6.84. The molecule has 5 rings (SSSR count). The Hall–Kier alpha value is -3.00. The van der Waals surface area contributed by atoms with Crippen molar-refractivity contribution in [2.75, 3.05) is 20.3 Å². The number of amides is 2. The number of hydrogen-bond donors (Lipinski definition) is 1. The SMILES string of the molecule is COc1nc2c(cc1C(=O)N[C@@H]1COC[C@H]1Cc1ccncc1)C(=O)N(C1CCCC1)C2. The van der Waals surface area contributed by atoms with Crippen LogP contribution in [0.5, 0.6) is 5.88 Å². The van der Waals surface area contributed by atoms with E-state index in [0.717, 1.165) is 37.7 Å². The largest absolute Gasteiger partial charge is 0.480 e. The molecule has 2 aliphatic heterocycles. The van der Waals surface area contributed by atoms with Crippen molar-refractivity contribution < 1.29 is 19.1 Å². The fraction of sp³-hybridized carbons (Fsp3) is 0.500. The number of hydrogen-bond acceptors (Lipinski definition) is 6. The van der Waals surface area contributed by atoms with Gasteiger partial charge in [-0.25, -0.2) is 4.98 Å². The fourth-order valence-corrected chi connectivity index (χ4v) is 5.08. The summed E-state index contributed by atoms with van der Waals surface area (Å²) in [5.74, 6) is 0.0940.